The Morgan fingerprint density at radius 1 is 1.38 bits per heavy atom. The molecule has 0 bridgehead atoms. The lowest BCUT2D eigenvalue weighted by Crippen LogP contribution is -2.59. The number of nitrogens with one attached hydrogen (secondary N) is 1. The lowest BCUT2D eigenvalue weighted by atomic mass is 9.71. The molecule has 4 nitrogen and oxygen atoms in total. The largest absolute Gasteiger partial charge is 0.369 e. The normalized spacial score (nSPS) is 25.7. The summed E-state index contributed by atoms with van der Waals surface area (Å²) >= 11 is 0. The van der Waals surface area contributed by atoms with E-state index in [0.29, 0.717) is 0 Å². The van der Waals surface area contributed by atoms with Crippen LogP contribution in [0.25, 0.3) is 0 Å². The van der Waals surface area contributed by atoms with E-state index in [1.165, 1.54) is 0 Å². The Morgan fingerprint density at radius 3 is 2.12 bits per heavy atom. The van der Waals surface area contributed by atoms with Gasteiger partial charge in [0.05, 0.1) is 6.07 Å². The van der Waals surface area contributed by atoms with Crippen molar-refractivity contribution in [2.45, 2.75) is 51.6 Å². The van der Waals surface area contributed by atoms with Crippen LogP contribution in [0.3, 0.4) is 0 Å². The zero-order valence-corrected chi connectivity index (χ0v) is 10.5. The number of hydrogen-bond acceptors (Lipinski definition) is 3. The lowest BCUT2D eigenvalue weighted by molar-refractivity contribution is -0.122. The Hall–Kier alpha value is -1.08. The highest BCUT2D eigenvalue weighted by atomic mass is 16.1. The Kier molecular flexibility index (Phi) is 3.30. The quantitative estimate of drug-likeness (QED) is 0.737. The highest BCUT2D eigenvalue weighted by molar-refractivity contribution is 5.79. The molecule has 16 heavy (non-hydrogen) atoms. The van der Waals surface area contributed by atoms with Crippen LogP contribution in [0.5, 0.6) is 0 Å². The number of piperidine rings is 1. The smallest absolute Gasteiger partial charge is 0.235 e. The van der Waals surface area contributed by atoms with Crippen molar-refractivity contribution in [3.05, 3.63) is 0 Å². The lowest BCUT2D eigenvalue weighted by Gasteiger charge is -2.47. The van der Waals surface area contributed by atoms with E-state index in [4.69, 9.17) is 11.0 Å². The highest BCUT2D eigenvalue weighted by Crippen LogP contribution is 2.36. The molecule has 1 unspecified atom stereocenters. The van der Waals surface area contributed by atoms with E-state index >= 15 is 0 Å². The summed E-state index contributed by atoms with van der Waals surface area (Å²) in [5.74, 6) is -1.12. The molecular weight excluding hydrogens is 202 g/mol. The van der Waals surface area contributed by atoms with Crippen LogP contribution in [0.1, 0.15) is 40.5 Å². The number of nitrogens with two attached hydrogens (primary N) is 1. The molecule has 1 heterocycles. The summed E-state index contributed by atoms with van der Waals surface area (Å²) in [6, 6.07) is 2.04. The fourth-order valence-electron chi connectivity index (χ4n) is 3.04. The molecule has 3 N–H and O–H groups in total. The average Bonchev–Trinajstić information content (AvgIpc) is 1.97. The number of nitrogens with zero attached hydrogens (tertiary/aromatic N) is 1. The van der Waals surface area contributed by atoms with Gasteiger partial charge in [-0.2, -0.15) is 5.26 Å². The van der Waals surface area contributed by atoms with E-state index in [0.717, 1.165) is 12.8 Å². The molecule has 1 aliphatic heterocycles. The van der Waals surface area contributed by atoms with Gasteiger partial charge in [0.1, 0.15) is 5.92 Å². The van der Waals surface area contributed by atoms with Crippen molar-refractivity contribution in [3.63, 3.8) is 0 Å². The number of rotatable bonds is 2. The molecule has 0 aliphatic carbocycles. The number of hydrogen-bond donors (Lipinski definition) is 2. The predicted molar refractivity (Wildman–Crippen MR) is 62.3 cm³/mol. The molecule has 0 saturated carbocycles. The third-order valence-corrected chi connectivity index (χ3v) is 3.14. The van der Waals surface area contributed by atoms with Gasteiger partial charge in [0.25, 0.3) is 0 Å². The zero-order valence-electron chi connectivity index (χ0n) is 10.5. The van der Waals surface area contributed by atoms with Crippen molar-refractivity contribution >= 4 is 5.91 Å². The molecule has 0 spiro atoms. The summed E-state index contributed by atoms with van der Waals surface area (Å²) in [5, 5.41) is 12.5. The van der Waals surface area contributed by atoms with E-state index in [2.05, 4.69) is 33.0 Å². The summed E-state index contributed by atoms with van der Waals surface area (Å²) in [6.45, 7) is 8.37. The predicted octanol–water partition coefficient (Wildman–Crippen LogP) is 1.17. The second-order valence-electron chi connectivity index (χ2n) is 6.07. The fraction of sp³-hybridized carbons (Fsp3) is 0.833. The molecule has 0 radical (unpaired) electrons. The van der Waals surface area contributed by atoms with Gasteiger partial charge in [0, 0.05) is 11.1 Å². The van der Waals surface area contributed by atoms with Crippen molar-refractivity contribution < 1.29 is 4.79 Å². The number of nitriles is 1. The minimum Gasteiger partial charge on any atom is -0.369 e. The molecular formula is C12H21N3O. The number of carbonyl (C=O) groups excluding carboxylic acids is 1. The third-order valence-electron chi connectivity index (χ3n) is 3.14. The SMILES string of the molecule is CC1(C)CC(C(C#N)C(N)=O)CC(C)(C)N1. The molecule has 4 heteroatoms. The van der Waals surface area contributed by atoms with Crippen LogP contribution in [-0.4, -0.2) is 17.0 Å². The van der Waals surface area contributed by atoms with Gasteiger partial charge >= 0.3 is 0 Å². The van der Waals surface area contributed by atoms with E-state index in [-0.39, 0.29) is 17.0 Å². The van der Waals surface area contributed by atoms with Gasteiger partial charge in [0.2, 0.25) is 5.91 Å². The maximum atomic E-state index is 11.2. The third kappa shape index (κ3) is 2.96. The summed E-state index contributed by atoms with van der Waals surface area (Å²) in [6.07, 6.45) is 1.61. The minimum atomic E-state index is -0.666. The first-order valence-electron chi connectivity index (χ1n) is 5.65. The van der Waals surface area contributed by atoms with Gasteiger partial charge in [-0.25, -0.2) is 0 Å². The van der Waals surface area contributed by atoms with Crippen LogP contribution >= 0.6 is 0 Å². The van der Waals surface area contributed by atoms with E-state index in [1.807, 2.05) is 6.07 Å². The fourth-order valence-corrected chi connectivity index (χ4v) is 3.04. The standard InChI is InChI=1S/C12H21N3O/c1-11(2)5-8(6-12(3,4)15-11)9(7-13)10(14)16/h8-9,15H,5-6H2,1-4H3,(H2,14,16). The molecule has 1 saturated heterocycles. The molecule has 1 fully saturated rings. The summed E-state index contributed by atoms with van der Waals surface area (Å²) in [5.41, 5.74) is 5.16. The molecule has 0 aromatic rings. The maximum Gasteiger partial charge on any atom is 0.235 e. The molecule has 1 rings (SSSR count). The first kappa shape index (κ1) is 13.0. The Morgan fingerprint density at radius 2 is 1.81 bits per heavy atom. The first-order chi connectivity index (χ1) is 7.17. The summed E-state index contributed by atoms with van der Waals surface area (Å²) in [4.78, 5) is 11.2. The van der Waals surface area contributed by atoms with Crippen molar-refractivity contribution in [2.24, 2.45) is 17.6 Å². The minimum absolute atomic E-state index is 0.0498. The topological polar surface area (TPSA) is 78.9 Å². The van der Waals surface area contributed by atoms with Gasteiger partial charge in [0.15, 0.2) is 0 Å². The van der Waals surface area contributed by atoms with Crippen molar-refractivity contribution in [1.82, 2.24) is 5.32 Å². The van der Waals surface area contributed by atoms with Crippen LogP contribution in [0.2, 0.25) is 0 Å². The van der Waals surface area contributed by atoms with Crippen LogP contribution < -0.4 is 11.1 Å². The molecule has 0 aromatic carbocycles. The Bertz CT molecular complexity index is 312. The van der Waals surface area contributed by atoms with E-state index in [1.54, 1.807) is 0 Å². The zero-order chi connectivity index (χ0) is 12.6. The molecule has 1 aliphatic rings. The van der Waals surface area contributed by atoms with Gasteiger partial charge in [-0.05, 0) is 46.5 Å². The van der Waals surface area contributed by atoms with Gasteiger partial charge < -0.3 is 11.1 Å². The average molecular weight is 223 g/mol. The molecule has 1 amide bonds. The van der Waals surface area contributed by atoms with Gasteiger partial charge in [-0.3, -0.25) is 4.79 Å². The summed E-state index contributed by atoms with van der Waals surface area (Å²) < 4.78 is 0. The van der Waals surface area contributed by atoms with Gasteiger partial charge in [-0.15, -0.1) is 0 Å². The Balaban J connectivity index is 2.90. The number of carbonyl (C=O) groups is 1. The molecule has 0 aromatic heterocycles. The van der Waals surface area contributed by atoms with Crippen molar-refractivity contribution in [3.8, 4) is 6.07 Å². The van der Waals surface area contributed by atoms with Crippen molar-refractivity contribution in [1.29, 1.82) is 5.26 Å². The van der Waals surface area contributed by atoms with Gasteiger partial charge in [-0.1, -0.05) is 0 Å². The van der Waals surface area contributed by atoms with Crippen LogP contribution in [-0.2, 0) is 4.79 Å². The molecule has 90 valence electrons. The van der Waals surface area contributed by atoms with Crippen LogP contribution in [0.4, 0.5) is 0 Å². The van der Waals surface area contributed by atoms with E-state index < -0.39 is 11.8 Å². The van der Waals surface area contributed by atoms with Crippen LogP contribution in [0, 0.1) is 23.2 Å². The van der Waals surface area contributed by atoms with Crippen molar-refractivity contribution in [2.75, 3.05) is 0 Å². The monoisotopic (exact) mass is 223 g/mol. The van der Waals surface area contributed by atoms with E-state index in [9.17, 15) is 4.79 Å². The Labute approximate surface area is 97.2 Å². The second-order valence-corrected chi connectivity index (χ2v) is 6.07. The summed E-state index contributed by atoms with van der Waals surface area (Å²) in [7, 11) is 0. The first-order valence-corrected chi connectivity index (χ1v) is 5.65. The number of primary amides is 1. The maximum absolute atomic E-state index is 11.2. The second kappa shape index (κ2) is 4.06. The molecule has 1 atom stereocenters. The highest BCUT2D eigenvalue weighted by Gasteiger charge is 2.42. The van der Waals surface area contributed by atoms with Crippen LogP contribution in [0.15, 0.2) is 0 Å². The number of amides is 1.